The molecule has 1 unspecified atom stereocenters. The van der Waals surface area contributed by atoms with Crippen LogP contribution in [-0.4, -0.2) is 41.5 Å². The van der Waals surface area contributed by atoms with E-state index in [1.165, 1.54) is 0 Å². The van der Waals surface area contributed by atoms with Crippen molar-refractivity contribution in [3.8, 4) is 0 Å². The minimum Gasteiger partial charge on any atom is -0.411 e. The molecule has 0 aliphatic carbocycles. The van der Waals surface area contributed by atoms with Crippen LogP contribution in [0.25, 0.3) is 0 Å². The molecule has 0 aromatic carbocycles. The van der Waals surface area contributed by atoms with Crippen LogP contribution in [-0.2, 0) is 0 Å². The summed E-state index contributed by atoms with van der Waals surface area (Å²) in [7, 11) is 0. The maximum absolute atomic E-state index is 11.7. The third-order valence-corrected chi connectivity index (χ3v) is 2.98. The van der Waals surface area contributed by atoms with E-state index in [0.717, 1.165) is 18.6 Å². The summed E-state index contributed by atoms with van der Waals surface area (Å²) in [5.74, 6) is 0.200. The molecule has 1 fully saturated rings. The molecule has 2 amide bonds. The molecule has 1 atom stereocenters. The minimum absolute atomic E-state index is 0.00251. The zero-order valence-electron chi connectivity index (χ0n) is 10.1. The van der Waals surface area contributed by atoms with Crippen molar-refractivity contribution in [1.29, 1.82) is 0 Å². The first kappa shape index (κ1) is 12.8. The Morgan fingerprint density at radius 2 is 2.38 bits per heavy atom. The quantitative estimate of drug-likeness (QED) is 0.569. The Morgan fingerprint density at radius 3 is 2.94 bits per heavy atom. The molecule has 5 nitrogen and oxygen atoms in total. The molecule has 16 heavy (non-hydrogen) atoms. The Bertz CT molecular complexity index is 266. The van der Waals surface area contributed by atoms with Gasteiger partial charge in [-0.2, -0.15) is 0 Å². The van der Waals surface area contributed by atoms with E-state index in [-0.39, 0.29) is 11.9 Å². The highest BCUT2D eigenvalue weighted by molar-refractivity contribution is 5.89. The van der Waals surface area contributed by atoms with Crippen LogP contribution in [0.5, 0.6) is 0 Å². The lowest BCUT2D eigenvalue weighted by molar-refractivity contribution is 0.187. The van der Waals surface area contributed by atoms with Gasteiger partial charge in [0, 0.05) is 32.0 Å². The molecular formula is C11H21N3O2. The van der Waals surface area contributed by atoms with Crippen LogP contribution in [0.2, 0.25) is 0 Å². The second-order valence-electron chi connectivity index (χ2n) is 4.12. The molecule has 1 heterocycles. The van der Waals surface area contributed by atoms with Gasteiger partial charge >= 0.3 is 6.03 Å². The molecule has 0 aromatic rings. The van der Waals surface area contributed by atoms with Gasteiger partial charge in [0.25, 0.3) is 0 Å². The van der Waals surface area contributed by atoms with Crippen LogP contribution >= 0.6 is 0 Å². The van der Waals surface area contributed by atoms with E-state index < -0.39 is 0 Å². The molecule has 0 radical (unpaired) electrons. The predicted molar refractivity (Wildman–Crippen MR) is 62.9 cm³/mol. The number of carbonyl (C=O) groups is 1. The largest absolute Gasteiger partial charge is 0.411 e. The van der Waals surface area contributed by atoms with Crippen LogP contribution in [0, 0.1) is 5.92 Å². The number of nitrogens with zero attached hydrogens (tertiary/aromatic N) is 2. The lowest BCUT2D eigenvalue weighted by Gasteiger charge is -2.32. The van der Waals surface area contributed by atoms with E-state index in [1.807, 2.05) is 13.8 Å². The van der Waals surface area contributed by atoms with Crippen molar-refractivity contribution in [2.45, 2.75) is 33.1 Å². The monoisotopic (exact) mass is 227 g/mol. The van der Waals surface area contributed by atoms with Crippen molar-refractivity contribution in [3.63, 3.8) is 0 Å². The van der Waals surface area contributed by atoms with Crippen LogP contribution < -0.4 is 5.32 Å². The van der Waals surface area contributed by atoms with E-state index in [0.29, 0.717) is 26.1 Å². The Hall–Kier alpha value is -1.26. The first-order chi connectivity index (χ1) is 7.72. The Morgan fingerprint density at radius 1 is 1.62 bits per heavy atom. The Balaban J connectivity index is 2.50. The zero-order chi connectivity index (χ0) is 12.0. The molecule has 1 aliphatic heterocycles. The number of likely N-dealkylation sites (tertiary alicyclic amines) is 1. The van der Waals surface area contributed by atoms with Crippen molar-refractivity contribution >= 4 is 11.7 Å². The summed E-state index contributed by atoms with van der Waals surface area (Å²) in [5, 5.41) is 15.0. The summed E-state index contributed by atoms with van der Waals surface area (Å²) in [6.45, 7) is 6.09. The SMILES string of the molecule is CCCNC(=O)N1CCC(=NO)C(CC)C1. The lowest BCUT2D eigenvalue weighted by atomic mass is 9.93. The molecule has 2 N–H and O–H groups in total. The second-order valence-corrected chi connectivity index (χ2v) is 4.12. The van der Waals surface area contributed by atoms with Crippen LogP contribution in [0.1, 0.15) is 33.1 Å². The number of oxime groups is 1. The summed E-state index contributed by atoms with van der Waals surface area (Å²) < 4.78 is 0. The van der Waals surface area contributed by atoms with Crippen molar-refractivity contribution < 1.29 is 10.0 Å². The van der Waals surface area contributed by atoms with Gasteiger partial charge in [-0.3, -0.25) is 0 Å². The van der Waals surface area contributed by atoms with Gasteiger partial charge in [-0.15, -0.1) is 0 Å². The van der Waals surface area contributed by atoms with Gasteiger partial charge in [0.15, 0.2) is 0 Å². The van der Waals surface area contributed by atoms with E-state index in [2.05, 4.69) is 10.5 Å². The highest BCUT2D eigenvalue weighted by Crippen LogP contribution is 2.17. The maximum atomic E-state index is 11.7. The molecule has 0 saturated carbocycles. The number of urea groups is 1. The third kappa shape index (κ3) is 3.12. The number of rotatable bonds is 3. The van der Waals surface area contributed by atoms with E-state index >= 15 is 0 Å². The summed E-state index contributed by atoms with van der Waals surface area (Å²) in [4.78, 5) is 13.5. The lowest BCUT2D eigenvalue weighted by Crippen LogP contribution is -2.48. The van der Waals surface area contributed by atoms with Gasteiger partial charge in [0.1, 0.15) is 0 Å². The van der Waals surface area contributed by atoms with Gasteiger partial charge in [-0.05, 0) is 12.8 Å². The molecular weight excluding hydrogens is 206 g/mol. The number of hydrogen-bond donors (Lipinski definition) is 2. The standard InChI is InChI=1S/C11H21N3O2/c1-3-6-12-11(15)14-7-5-10(13-16)9(4-2)8-14/h9,16H,3-8H2,1-2H3,(H,12,15). The van der Waals surface area contributed by atoms with Crippen molar-refractivity contribution in [3.05, 3.63) is 0 Å². The van der Waals surface area contributed by atoms with Crippen molar-refractivity contribution in [1.82, 2.24) is 10.2 Å². The minimum atomic E-state index is -0.00251. The van der Waals surface area contributed by atoms with Crippen LogP contribution in [0.4, 0.5) is 4.79 Å². The summed E-state index contributed by atoms with van der Waals surface area (Å²) in [6.07, 6.45) is 2.52. The van der Waals surface area contributed by atoms with Crippen molar-refractivity contribution in [2.24, 2.45) is 11.1 Å². The van der Waals surface area contributed by atoms with Crippen molar-refractivity contribution in [2.75, 3.05) is 19.6 Å². The molecule has 5 heteroatoms. The fraction of sp³-hybridized carbons (Fsp3) is 0.818. The number of amides is 2. The van der Waals surface area contributed by atoms with E-state index in [4.69, 9.17) is 5.21 Å². The summed E-state index contributed by atoms with van der Waals surface area (Å²) in [6, 6.07) is -0.00251. The highest BCUT2D eigenvalue weighted by atomic mass is 16.4. The van der Waals surface area contributed by atoms with E-state index in [1.54, 1.807) is 4.90 Å². The molecule has 0 spiro atoms. The molecule has 0 bridgehead atoms. The normalized spacial score (nSPS) is 23.5. The maximum Gasteiger partial charge on any atom is 0.317 e. The van der Waals surface area contributed by atoms with Gasteiger partial charge in [-0.1, -0.05) is 19.0 Å². The number of nitrogens with one attached hydrogen (secondary N) is 1. The first-order valence-electron chi connectivity index (χ1n) is 5.96. The topological polar surface area (TPSA) is 64.9 Å². The zero-order valence-corrected chi connectivity index (χ0v) is 10.1. The first-order valence-corrected chi connectivity index (χ1v) is 5.96. The molecule has 1 rings (SSSR count). The fourth-order valence-electron chi connectivity index (χ4n) is 1.94. The number of carbonyl (C=O) groups excluding carboxylic acids is 1. The van der Waals surface area contributed by atoms with Crippen LogP contribution in [0.15, 0.2) is 5.16 Å². The molecule has 0 aromatic heterocycles. The predicted octanol–water partition coefficient (Wildman–Crippen LogP) is 1.67. The fourth-order valence-corrected chi connectivity index (χ4v) is 1.94. The van der Waals surface area contributed by atoms with Gasteiger partial charge in [0.2, 0.25) is 0 Å². The smallest absolute Gasteiger partial charge is 0.317 e. The van der Waals surface area contributed by atoms with Gasteiger partial charge in [0.05, 0.1) is 5.71 Å². The van der Waals surface area contributed by atoms with Gasteiger partial charge in [-0.25, -0.2) is 4.79 Å². The molecule has 1 aliphatic rings. The van der Waals surface area contributed by atoms with E-state index in [9.17, 15) is 4.79 Å². The number of hydrogen-bond acceptors (Lipinski definition) is 3. The van der Waals surface area contributed by atoms with Crippen LogP contribution in [0.3, 0.4) is 0 Å². The number of piperidine rings is 1. The average Bonchev–Trinajstić information content (AvgIpc) is 2.34. The molecule has 1 saturated heterocycles. The Labute approximate surface area is 96.5 Å². The van der Waals surface area contributed by atoms with Gasteiger partial charge < -0.3 is 15.4 Å². The summed E-state index contributed by atoms with van der Waals surface area (Å²) >= 11 is 0. The second kappa shape index (κ2) is 6.35. The highest BCUT2D eigenvalue weighted by Gasteiger charge is 2.27. The average molecular weight is 227 g/mol. The molecule has 92 valence electrons. The Kier molecular flexibility index (Phi) is 5.08. The summed E-state index contributed by atoms with van der Waals surface area (Å²) in [5.41, 5.74) is 0.821. The third-order valence-electron chi connectivity index (χ3n) is 2.98.